The van der Waals surface area contributed by atoms with Crippen LogP contribution in [0.25, 0.3) is 0 Å². The maximum absolute atomic E-state index is 11.7. The molecule has 2 rings (SSSR count). The van der Waals surface area contributed by atoms with E-state index >= 15 is 0 Å². The van der Waals surface area contributed by atoms with Gasteiger partial charge in [-0.25, -0.2) is 4.98 Å². The van der Waals surface area contributed by atoms with E-state index in [2.05, 4.69) is 34.8 Å². The van der Waals surface area contributed by atoms with Crippen LogP contribution in [0.5, 0.6) is 0 Å². The first-order valence-corrected chi connectivity index (χ1v) is 7.47. The van der Waals surface area contributed by atoms with Gasteiger partial charge < -0.3 is 10.6 Å². The molecule has 0 saturated carbocycles. The minimum atomic E-state index is 0. The van der Waals surface area contributed by atoms with Crippen molar-refractivity contribution in [3.8, 4) is 0 Å². The van der Waals surface area contributed by atoms with Crippen LogP contribution in [0, 0.1) is 0 Å². The first-order chi connectivity index (χ1) is 8.65. The Labute approximate surface area is 137 Å². The fraction of sp³-hybridized carbons (Fsp3) is 0.692. The number of aromatic nitrogens is 1. The molecule has 0 radical (unpaired) electrons. The number of nitrogens with one attached hydrogen (secondary N) is 2. The highest BCUT2D eigenvalue weighted by molar-refractivity contribution is 7.09. The molecular formula is C13H23Cl2N3OS. The van der Waals surface area contributed by atoms with E-state index in [-0.39, 0.29) is 30.7 Å². The Morgan fingerprint density at radius 1 is 1.55 bits per heavy atom. The lowest BCUT2D eigenvalue weighted by atomic mass is 10.1. The lowest BCUT2D eigenvalue weighted by Gasteiger charge is -2.09. The van der Waals surface area contributed by atoms with Gasteiger partial charge in [0, 0.05) is 17.8 Å². The van der Waals surface area contributed by atoms with Gasteiger partial charge in [-0.05, 0) is 25.3 Å². The summed E-state index contributed by atoms with van der Waals surface area (Å²) in [5.74, 6) is 0.573. The summed E-state index contributed by atoms with van der Waals surface area (Å²) in [6.07, 6.45) is 2.88. The molecule has 1 amide bonds. The monoisotopic (exact) mass is 339 g/mol. The highest BCUT2D eigenvalue weighted by Crippen LogP contribution is 2.17. The van der Waals surface area contributed by atoms with Gasteiger partial charge in [-0.2, -0.15) is 0 Å². The number of carbonyl (C=O) groups is 1. The molecule has 1 aliphatic rings. The predicted molar refractivity (Wildman–Crippen MR) is 88.2 cm³/mol. The molecule has 1 aliphatic heterocycles. The van der Waals surface area contributed by atoms with Gasteiger partial charge in [0.15, 0.2) is 0 Å². The van der Waals surface area contributed by atoms with Gasteiger partial charge in [-0.1, -0.05) is 13.8 Å². The lowest BCUT2D eigenvalue weighted by Crippen LogP contribution is -2.31. The summed E-state index contributed by atoms with van der Waals surface area (Å²) < 4.78 is 0. The molecule has 1 saturated heterocycles. The zero-order valence-corrected chi connectivity index (χ0v) is 14.3. The van der Waals surface area contributed by atoms with Crippen LogP contribution < -0.4 is 10.6 Å². The van der Waals surface area contributed by atoms with E-state index in [1.165, 1.54) is 6.42 Å². The molecule has 116 valence electrons. The van der Waals surface area contributed by atoms with Crippen LogP contribution in [0.4, 0.5) is 0 Å². The van der Waals surface area contributed by atoms with Gasteiger partial charge in [0.25, 0.3) is 0 Å². The van der Waals surface area contributed by atoms with Crippen molar-refractivity contribution in [2.75, 3.05) is 6.54 Å². The maximum atomic E-state index is 11.7. The molecule has 0 bridgehead atoms. The van der Waals surface area contributed by atoms with Crippen LogP contribution in [0.2, 0.25) is 0 Å². The Morgan fingerprint density at radius 3 is 2.85 bits per heavy atom. The van der Waals surface area contributed by atoms with E-state index in [0.717, 1.165) is 23.7 Å². The van der Waals surface area contributed by atoms with Crippen LogP contribution >= 0.6 is 36.2 Å². The van der Waals surface area contributed by atoms with Crippen molar-refractivity contribution in [1.29, 1.82) is 0 Å². The molecule has 1 aromatic rings. The molecule has 0 spiro atoms. The highest BCUT2D eigenvalue weighted by atomic mass is 35.5. The van der Waals surface area contributed by atoms with Crippen molar-refractivity contribution < 1.29 is 4.79 Å². The number of amides is 1. The molecule has 1 unspecified atom stereocenters. The number of rotatable bonds is 5. The van der Waals surface area contributed by atoms with Gasteiger partial charge in [0.2, 0.25) is 5.91 Å². The Balaban J connectivity index is 0.00000180. The number of halogens is 2. The van der Waals surface area contributed by atoms with Crippen LogP contribution in [-0.2, 0) is 11.3 Å². The maximum Gasteiger partial charge on any atom is 0.221 e. The quantitative estimate of drug-likeness (QED) is 0.867. The highest BCUT2D eigenvalue weighted by Gasteiger charge is 2.17. The number of thiazole rings is 1. The van der Waals surface area contributed by atoms with Crippen LogP contribution in [0.3, 0.4) is 0 Å². The fourth-order valence-electron chi connectivity index (χ4n) is 2.07. The third kappa shape index (κ3) is 5.95. The van der Waals surface area contributed by atoms with Gasteiger partial charge in [-0.15, -0.1) is 36.2 Å². The van der Waals surface area contributed by atoms with E-state index in [1.807, 2.05) is 0 Å². The summed E-state index contributed by atoms with van der Waals surface area (Å²) in [4.78, 5) is 16.2. The molecule has 1 fully saturated rings. The Hall–Kier alpha value is -0.360. The van der Waals surface area contributed by atoms with Gasteiger partial charge in [0.1, 0.15) is 5.01 Å². The van der Waals surface area contributed by atoms with Crippen molar-refractivity contribution in [3.05, 3.63) is 16.1 Å². The van der Waals surface area contributed by atoms with Crippen LogP contribution in [-0.4, -0.2) is 23.5 Å². The molecule has 2 N–H and O–H groups in total. The third-order valence-electron chi connectivity index (χ3n) is 3.19. The van der Waals surface area contributed by atoms with E-state index in [4.69, 9.17) is 0 Å². The molecule has 2 heterocycles. The summed E-state index contributed by atoms with van der Waals surface area (Å²) in [6.45, 7) is 5.86. The minimum Gasteiger partial charge on any atom is -0.350 e. The topological polar surface area (TPSA) is 54.0 Å². The number of hydrogen-bond donors (Lipinski definition) is 2. The first-order valence-electron chi connectivity index (χ1n) is 6.59. The summed E-state index contributed by atoms with van der Waals surface area (Å²) >= 11 is 1.62. The average molecular weight is 340 g/mol. The van der Waals surface area contributed by atoms with Crippen LogP contribution in [0.15, 0.2) is 5.38 Å². The lowest BCUT2D eigenvalue weighted by molar-refractivity contribution is -0.121. The summed E-state index contributed by atoms with van der Waals surface area (Å²) in [6, 6.07) is 0.368. The van der Waals surface area contributed by atoms with Crippen molar-refractivity contribution in [2.24, 2.45) is 0 Å². The second-order valence-electron chi connectivity index (χ2n) is 5.09. The molecule has 0 aliphatic carbocycles. The van der Waals surface area contributed by atoms with Crippen molar-refractivity contribution in [3.63, 3.8) is 0 Å². The summed E-state index contributed by atoms with van der Waals surface area (Å²) in [5.41, 5.74) is 1.11. The predicted octanol–water partition coefficient (Wildman–Crippen LogP) is 2.87. The molecule has 4 nitrogen and oxygen atoms in total. The van der Waals surface area contributed by atoms with Gasteiger partial charge >= 0.3 is 0 Å². The summed E-state index contributed by atoms with van der Waals surface area (Å²) in [5, 5.41) is 9.34. The van der Waals surface area contributed by atoms with E-state index < -0.39 is 0 Å². The zero-order chi connectivity index (χ0) is 13.0. The van der Waals surface area contributed by atoms with E-state index in [0.29, 0.717) is 24.9 Å². The number of carbonyl (C=O) groups excluding carboxylic acids is 1. The van der Waals surface area contributed by atoms with Crippen LogP contribution in [0.1, 0.15) is 49.7 Å². The number of hydrogen-bond acceptors (Lipinski definition) is 4. The molecule has 7 heteroatoms. The van der Waals surface area contributed by atoms with Crippen molar-refractivity contribution in [2.45, 2.75) is 51.6 Å². The molecule has 0 aromatic carbocycles. The standard InChI is InChI=1S/C13H21N3OS.2ClH/c1-9(2)11-8-18-13(16-11)7-15-12(17)6-10-4-3-5-14-10;;/h8-10,14H,3-7H2,1-2H3,(H,15,17);2*1H. The van der Waals surface area contributed by atoms with Crippen molar-refractivity contribution in [1.82, 2.24) is 15.6 Å². The molecule has 1 aromatic heterocycles. The second kappa shape index (κ2) is 9.55. The minimum absolute atomic E-state index is 0. The molecule has 1 atom stereocenters. The largest absolute Gasteiger partial charge is 0.350 e. The number of nitrogens with zero attached hydrogens (tertiary/aromatic N) is 1. The Morgan fingerprint density at radius 2 is 2.30 bits per heavy atom. The second-order valence-corrected chi connectivity index (χ2v) is 6.04. The van der Waals surface area contributed by atoms with Gasteiger partial charge in [-0.3, -0.25) is 4.79 Å². The Kier molecular flexibility index (Phi) is 9.38. The third-order valence-corrected chi connectivity index (χ3v) is 4.06. The first kappa shape index (κ1) is 19.6. The van der Waals surface area contributed by atoms with Gasteiger partial charge in [0.05, 0.1) is 12.2 Å². The Bertz CT molecular complexity index is 406. The molecular weight excluding hydrogens is 317 g/mol. The normalized spacial score (nSPS) is 17.4. The summed E-state index contributed by atoms with van der Waals surface area (Å²) in [7, 11) is 0. The average Bonchev–Trinajstić information content (AvgIpc) is 2.96. The van der Waals surface area contributed by atoms with E-state index in [1.54, 1.807) is 11.3 Å². The zero-order valence-electron chi connectivity index (χ0n) is 11.8. The van der Waals surface area contributed by atoms with Crippen molar-refractivity contribution >= 4 is 42.1 Å². The smallest absolute Gasteiger partial charge is 0.221 e. The molecule has 20 heavy (non-hydrogen) atoms. The SMILES string of the molecule is CC(C)c1csc(CNC(=O)CC2CCCN2)n1.Cl.Cl. The fourth-order valence-corrected chi connectivity index (χ4v) is 2.97. The van der Waals surface area contributed by atoms with E-state index in [9.17, 15) is 4.79 Å².